The van der Waals surface area contributed by atoms with Crippen molar-refractivity contribution in [1.82, 2.24) is 10.3 Å². The molecule has 1 aliphatic rings. The number of hydrogen-bond donors (Lipinski definition) is 2. The number of benzene rings is 2. The Morgan fingerprint density at radius 2 is 2.27 bits per heavy atom. The second-order valence-electron chi connectivity index (χ2n) is 5.44. The quantitative estimate of drug-likeness (QED) is 0.751. The molecule has 1 fully saturated rings. The number of carbonyl (C=O) groups excluding carboxylic acids is 1. The third-order valence-corrected chi connectivity index (χ3v) is 5.19. The predicted octanol–water partition coefficient (Wildman–Crippen LogP) is 3.79. The van der Waals surface area contributed by atoms with Crippen molar-refractivity contribution in [3.63, 3.8) is 0 Å². The number of halogens is 1. The van der Waals surface area contributed by atoms with E-state index in [-0.39, 0.29) is 11.9 Å². The van der Waals surface area contributed by atoms with Crippen molar-refractivity contribution in [3.05, 3.63) is 35.4 Å². The summed E-state index contributed by atoms with van der Waals surface area (Å²) in [6.45, 7) is 0.906. The Hall–Kier alpha value is -1.69. The molecule has 112 valence electrons. The third kappa shape index (κ3) is 2.45. The number of rotatable bonds is 2. The Bertz CT molecular complexity index is 870. The lowest BCUT2D eigenvalue weighted by molar-refractivity contribution is -0.117. The summed E-state index contributed by atoms with van der Waals surface area (Å²) in [5, 5.41) is 9.69. The fourth-order valence-electron chi connectivity index (χ4n) is 2.84. The molecule has 4 rings (SSSR count). The molecule has 1 aromatic heterocycles. The monoisotopic (exact) mass is 331 g/mol. The number of thiazole rings is 1. The van der Waals surface area contributed by atoms with Crippen LogP contribution in [0.1, 0.15) is 12.8 Å². The lowest BCUT2D eigenvalue weighted by Gasteiger charge is -2.08. The van der Waals surface area contributed by atoms with Crippen LogP contribution in [0, 0.1) is 0 Å². The highest BCUT2D eigenvalue weighted by atomic mass is 35.5. The van der Waals surface area contributed by atoms with Crippen LogP contribution in [-0.4, -0.2) is 23.5 Å². The van der Waals surface area contributed by atoms with E-state index >= 15 is 0 Å². The first-order valence-corrected chi connectivity index (χ1v) is 8.43. The summed E-state index contributed by atoms with van der Waals surface area (Å²) in [5.41, 5.74) is 0.898. The van der Waals surface area contributed by atoms with Crippen LogP contribution >= 0.6 is 22.9 Å². The maximum atomic E-state index is 12.2. The van der Waals surface area contributed by atoms with Crippen molar-refractivity contribution in [3.8, 4) is 0 Å². The summed E-state index contributed by atoms with van der Waals surface area (Å²) in [6, 6.07) is 9.70. The minimum absolute atomic E-state index is 0.00362. The van der Waals surface area contributed by atoms with E-state index in [2.05, 4.69) is 15.6 Å². The topological polar surface area (TPSA) is 54.0 Å². The van der Waals surface area contributed by atoms with Crippen LogP contribution in [0.3, 0.4) is 0 Å². The van der Waals surface area contributed by atoms with E-state index in [1.54, 1.807) is 0 Å². The second kappa shape index (κ2) is 5.50. The number of nitrogens with zero attached hydrogens (tertiary/aromatic N) is 1. The van der Waals surface area contributed by atoms with Gasteiger partial charge >= 0.3 is 0 Å². The average molecular weight is 332 g/mol. The number of anilines is 1. The lowest BCUT2D eigenvalue weighted by Crippen LogP contribution is -2.35. The molecule has 0 unspecified atom stereocenters. The molecule has 2 heterocycles. The van der Waals surface area contributed by atoms with E-state index < -0.39 is 0 Å². The van der Waals surface area contributed by atoms with Gasteiger partial charge in [0.2, 0.25) is 5.91 Å². The summed E-state index contributed by atoms with van der Waals surface area (Å²) in [4.78, 5) is 16.7. The van der Waals surface area contributed by atoms with E-state index in [1.807, 2.05) is 30.3 Å². The number of carbonyl (C=O) groups is 1. The summed E-state index contributed by atoms with van der Waals surface area (Å²) in [6.07, 6.45) is 1.93. The highest BCUT2D eigenvalue weighted by Gasteiger charge is 2.22. The Morgan fingerprint density at radius 1 is 1.36 bits per heavy atom. The van der Waals surface area contributed by atoms with Crippen molar-refractivity contribution < 1.29 is 4.79 Å². The number of aromatic nitrogens is 1. The normalized spacial score (nSPS) is 18.1. The molecule has 1 saturated heterocycles. The molecule has 3 aromatic rings. The van der Waals surface area contributed by atoms with Crippen LogP contribution in [0.4, 0.5) is 5.13 Å². The van der Waals surface area contributed by atoms with Crippen LogP contribution in [0.15, 0.2) is 30.3 Å². The number of fused-ring (bicyclic) bond motifs is 3. The van der Waals surface area contributed by atoms with Crippen LogP contribution in [-0.2, 0) is 4.79 Å². The number of nitrogens with one attached hydrogen (secondary N) is 2. The highest BCUT2D eigenvalue weighted by molar-refractivity contribution is 7.23. The first-order valence-electron chi connectivity index (χ1n) is 7.24. The van der Waals surface area contributed by atoms with Crippen LogP contribution in [0.2, 0.25) is 5.02 Å². The van der Waals surface area contributed by atoms with Crippen LogP contribution < -0.4 is 10.6 Å². The number of amides is 1. The maximum absolute atomic E-state index is 12.2. The summed E-state index contributed by atoms with van der Waals surface area (Å²) in [7, 11) is 0. The van der Waals surface area contributed by atoms with Gasteiger partial charge in [0.1, 0.15) is 0 Å². The standard InChI is InChI=1S/C16H14ClN3OS/c17-10-4-5-11-9(8-10)3-6-12-14(11)22-16(19-12)20-15(21)13-2-1-7-18-13/h3-6,8,13,18H,1-2,7H2,(H,19,20,21)/t13-/m1/s1. The molecule has 0 saturated carbocycles. The average Bonchev–Trinajstić information content (AvgIpc) is 3.15. The molecule has 6 heteroatoms. The van der Waals surface area contributed by atoms with Gasteiger partial charge in [-0.15, -0.1) is 0 Å². The SMILES string of the molecule is O=C(Nc1nc2ccc3cc(Cl)ccc3c2s1)[C@H]1CCCN1. The van der Waals surface area contributed by atoms with Crippen molar-refractivity contribution in [1.29, 1.82) is 0 Å². The Balaban J connectivity index is 1.70. The van der Waals surface area contributed by atoms with Gasteiger partial charge in [-0.2, -0.15) is 0 Å². The molecule has 1 amide bonds. The molecule has 1 aliphatic heterocycles. The third-order valence-electron chi connectivity index (χ3n) is 3.94. The second-order valence-corrected chi connectivity index (χ2v) is 6.87. The zero-order chi connectivity index (χ0) is 15.1. The minimum atomic E-state index is -0.0948. The van der Waals surface area contributed by atoms with Crippen molar-refractivity contribution in [2.75, 3.05) is 11.9 Å². The molecular weight excluding hydrogens is 318 g/mol. The van der Waals surface area contributed by atoms with Gasteiger partial charge in [0.25, 0.3) is 0 Å². The Morgan fingerprint density at radius 3 is 3.09 bits per heavy atom. The molecule has 0 spiro atoms. The molecule has 0 bridgehead atoms. The van der Waals surface area contributed by atoms with Crippen LogP contribution in [0.5, 0.6) is 0 Å². The van der Waals surface area contributed by atoms with Gasteiger partial charge in [0.15, 0.2) is 5.13 Å². The lowest BCUT2D eigenvalue weighted by atomic mass is 10.1. The maximum Gasteiger partial charge on any atom is 0.243 e. The summed E-state index contributed by atoms with van der Waals surface area (Å²) in [5.74, 6) is 0.00362. The van der Waals surface area contributed by atoms with Gasteiger partial charge in [-0.25, -0.2) is 4.98 Å². The van der Waals surface area contributed by atoms with Gasteiger partial charge in [-0.05, 0) is 43.0 Å². The minimum Gasteiger partial charge on any atom is -0.306 e. The zero-order valence-corrected chi connectivity index (χ0v) is 13.3. The first kappa shape index (κ1) is 13.9. The van der Waals surface area contributed by atoms with E-state index in [4.69, 9.17) is 11.6 Å². The smallest absolute Gasteiger partial charge is 0.243 e. The van der Waals surface area contributed by atoms with E-state index in [0.29, 0.717) is 5.13 Å². The fraction of sp³-hybridized carbons (Fsp3) is 0.250. The van der Waals surface area contributed by atoms with Crippen molar-refractivity contribution in [2.45, 2.75) is 18.9 Å². The van der Waals surface area contributed by atoms with Gasteiger partial charge in [-0.1, -0.05) is 35.1 Å². The van der Waals surface area contributed by atoms with Gasteiger partial charge in [0.05, 0.1) is 16.3 Å². The molecule has 0 radical (unpaired) electrons. The number of hydrogen-bond acceptors (Lipinski definition) is 4. The molecule has 2 aromatic carbocycles. The van der Waals surface area contributed by atoms with E-state index in [0.717, 1.165) is 45.4 Å². The summed E-state index contributed by atoms with van der Waals surface area (Å²) >= 11 is 7.55. The molecule has 2 N–H and O–H groups in total. The highest BCUT2D eigenvalue weighted by Crippen LogP contribution is 2.33. The Labute approximate surface area is 136 Å². The van der Waals surface area contributed by atoms with Gasteiger partial charge < -0.3 is 10.6 Å². The fourth-order valence-corrected chi connectivity index (χ4v) is 4.02. The van der Waals surface area contributed by atoms with Gasteiger partial charge in [-0.3, -0.25) is 4.79 Å². The molecule has 0 aliphatic carbocycles. The molecule has 22 heavy (non-hydrogen) atoms. The van der Waals surface area contributed by atoms with Crippen molar-refractivity contribution >= 4 is 55.0 Å². The van der Waals surface area contributed by atoms with E-state index in [9.17, 15) is 4.79 Å². The largest absolute Gasteiger partial charge is 0.306 e. The predicted molar refractivity (Wildman–Crippen MR) is 91.8 cm³/mol. The Kier molecular flexibility index (Phi) is 3.48. The zero-order valence-electron chi connectivity index (χ0n) is 11.7. The van der Waals surface area contributed by atoms with Gasteiger partial charge in [0, 0.05) is 10.4 Å². The molecular formula is C16H14ClN3OS. The summed E-state index contributed by atoms with van der Waals surface area (Å²) < 4.78 is 1.07. The van der Waals surface area contributed by atoms with Crippen molar-refractivity contribution in [2.24, 2.45) is 0 Å². The molecule has 4 nitrogen and oxygen atoms in total. The van der Waals surface area contributed by atoms with E-state index in [1.165, 1.54) is 11.3 Å². The van der Waals surface area contributed by atoms with Crippen LogP contribution in [0.25, 0.3) is 21.0 Å². The molecule has 1 atom stereocenters. The first-order chi connectivity index (χ1) is 10.7.